The van der Waals surface area contributed by atoms with Crippen molar-refractivity contribution in [1.82, 2.24) is 15.0 Å². The predicted molar refractivity (Wildman–Crippen MR) is 123 cm³/mol. The van der Waals surface area contributed by atoms with Crippen molar-refractivity contribution in [3.05, 3.63) is 72.6 Å². The van der Waals surface area contributed by atoms with Gasteiger partial charge < -0.3 is 20.4 Å². The zero-order chi connectivity index (χ0) is 22.5. The fourth-order valence-electron chi connectivity index (χ4n) is 3.38. The molecule has 0 aliphatic carbocycles. The van der Waals surface area contributed by atoms with Gasteiger partial charge in [0, 0.05) is 17.4 Å². The number of H-pyrrole nitrogens is 1. The largest absolute Gasteiger partial charge is 0.469 e. The fraction of sp³-hybridized carbons (Fsp3) is 0.167. The molecule has 4 rings (SSSR count). The Morgan fingerprint density at radius 2 is 1.81 bits per heavy atom. The smallest absolute Gasteiger partial charge is 0.315 e. The van der Waals surface area contributed by atoms with Crippen LogP contribution in [-0.4, -0.2) is 33.9 Å². The quantitative estimate of drug-likeness (QED) is 0.299. The highest BCUT2D eigenvalue weighted by Gasteiger charge is 2.13. The summed E-state index contributed by atoms with van der Waals surface area (Å²) in [5.41, 5.74) is 4.30. The van der Waals surface area contributed by atoms with Crippen molar-refractivity contribution in [2.24, 2.45) is 0 Å². The highest BCUT2D eigenvalue weighted by atomic mass is 16.5. The van der Waals surface area contributed by atoms with Crippen molar-refractivity contribution < 1.29 is 14.3 Å². The van der Waals surface area contributed by atoms with Crippen molar-refractivity contribution >= 4 is 34.4 Å². The molecule has 1 atom stereocenters. The molecular formula is C24H23N5O3. The first-order valence-electron chi connectivity index (χ1n) is 10.2. The van der Waals surface area contributed by atoms with E-state index in [-0.39, 0.29) is 12.5 Å². The zero-order valence-corrected chi connectivity index (χ0v) is 17.8. The van der Waals surface area contributed by atoms with Gasteiger partial charge in [0.15, 0.2) is 0 Å². The van der Waals surface area contributed by atoms with Crippen molar-refractivity contribution in [2.75, 3.05) is 17.7 Å². The van der Waals surface area contributed by atoms with Gasteiger partial charge in [0.2, 0.25) is 5.91 Å². The van der Waals surface area contributed by atoms with E-state index in [1.807, 2.05) is 36.4 Å². The molecule has 8 heteroatoms. The monoisotopic (exact) mass is 429 g/mol. The van der Waals surface area contributed by atoms with E-state index in [1.54, 1.807) is 12.1 Å². The standard InChI is InChI=1S/C24H23N5O3/c1-15(16-6-4-3-5-7-16)27-23-19-12-20(29-24(19)26-14-25-23)17-8-10-18(11-9-17)28-21(30)13-22(31)32-2/h3-12,14-15H,13H2,1-2H3,(H,28,30)(H2,25,26,27,29)/t15-/m1/s1. The lowest BCUT2D eigenvalue weighted by molar-refractivity contribution is -0.142. The van der Waals surface area contributed by atoms with Crippen LogP contribution < -0.4 is 10.6 Å². The van der Waals surface area contributed by atoms with E-state index in [2.05, 4.69) is 49.4 Å². The minimum absolute atomic E-state index is 0.0838. The van der Waals surface area contributed by atoms with Crippen LogP contribution in [0.4, 0.5) is 11.5 Å². The summed E-state index contributed by atoms with van der Waals surface area (Å²) in [5.74, 6) is -0.251. The van der Waals surface area contributed by atoms with Crippen LogP contribution in [0.15, 0.2) is 67.0 Å². The molecule has 0 unspecified atom stereocenters. The molecule has 1 amide bonds. The third kappa shape index (κ3) is 4.75. The van der Waals surface area contributed by atoms with Crippen LogP contribution in [-0.2, 0) is 14.3 Å². The van der Waals surface area contributed by atoms with Crippen LogP contribution in [0, 0.1) is 0 Å². The minimum Gasteiger partial charge on any atom is -0.469 e. The SMILES string of the molecule is COC(=O)CC(=O)Nc1ccc(-c2cc3c(N[C@H](C)c4ccccc4)ncnc3[nH]2)cc1. The van der Waals surface area contributed by atoms with E-state index in [1.165, 1.54) is 19.0 Å². The lowest BCUT2D eigenvalue weighted by atomic mass is 10.1. The van der Waals surface area contributed by atoms with Gasteiger partial charge in [0.25, 0.3) is 0 Å². The van der Waals surface area contributed by atoms with Gasteiger partial charge in [-0.15, -0.1) is 0 Å². The van der Waals surface area contributed by atoms with E-state index in [0.29, 0.717) is 5.69 Å². The number of fused-ring (bicyclic) bond motifs is 1. The summed E-state index contributed by atoms with van der Waals surface area (Å²) in [5, 5.41) is 7.03. The molecule has 32 heavy (non-hydrogen) atoms. The zero-order valence-electron chi connectivity index (χ0n) is 17.8. The second-order valence-electron chi connectivity index (χ2n) is 7.32. The molecule has 2 heterocycles. The third-order valence-electron chi connectivity index (χ3n) is 5.09. The normalized spacial score (nSPS) is 11.7. The van der Waals surface area contributed by atoms with Gasteiger partial charge in [0.05, 0.1) is 12.5 Å². The number of benzene rings is 2. The molecule has 0 spiro atoms. The Morgan fingerprint density at radius 1 is 1.06 bits per heavy atom. The Labute approximate surface area is 185 Å². The Hall–Kier alpha value is -4.20. The first kappa shape index (κ1) is 21.0. The van der Waals surface area contributed by atoms with E-state index in [4.69, 9.17) is 0 Å². The van der Waals surface area contributed by atoms with Gasteiger partial charge in [-0.2, -0.15) is 0 Å². The van der Waals surface area contributed by atoms with Gasteiger partial charge in [0.1, 0.15) is 24.2 Å². The maximum atomic E-state index is 11.8. The minimum atomic E-state index is -0.579. The van der Waals surface area contributed by atoms with E-state index in [0.717, 1.165) is 28.1 Å². The molecule has 2 aromatic carbocycles. The van der Waals surface area contributed by atoms with E-state index in [9.17, 15) is 9.59 Å². The predicted octanol–water partition coefficient (Wildman–Crippen LogP) is 4.30. The Balaban J connectivity index is 1.52. The molecule has 0 radical (unpaired) electrons. The van der Waals surface area contributed by atoms with E-state index >= 15 is 0 Å². The summed E-state index contributed by atoms with van der Waals surface area (Å²) in [6.07, 6.45) is 1.21. The number of esters is 1. The number of methoxy groups -OCH3 is 1. The molecule has 4 aromatic rings. The lowest BCUT2D eigenvalue weighted by Gasteiger charge is -2.15. The number of aromatic nitrogens is 3. The van der Waals surface area contributed by atoms with Gasteiger partial charge in [-0.3, -0.25) is 9.59 Å². The first-order valence-corrected chi connectivity index (χ1v) is 10.2. The highest BCUT2D eigenvalue weighted by Crippen LogP contribution is 2.29. The maximum absolute atomic E-state index is 11.8. The number of carbonyl (C=O) groups excluding carboxylic acids is 2. The second-order valence-corrected chi connectivity index (χ2v) is 7.32. The first-order chi connectivity index (χ1) is 15.5. The summed E-state index contributed by atoms with van der Waals surface area (Å²) < 4.78 is 4.50. The Bertz CT molecular complexity index is 1240. The summed E-state index contributed by atoms with van der Waals surface area (Å²) in [7, 11) is 1.25. The van der Waals surface area contributed by atoms with Crippen molar-refractivity contribution in [3.63, 3.8) is 0 Å². The summed E-state index contributed by atoms with van der Waals surface area (Å²) >= 11 is 0. The number of hydrogen-bond donors (Lipinski definition) is 3. The summed E-state index contributed by atoms with van der Waals surface area (Å²) in [6, 6.07) is 19.6. The number of amides is 1. The molecule has 0 aliphatic heterocycles. The molecule has 0 saturated heterocycles. The molecular weight excluding hydrogens is 406 g/mol. The Morgan fingerprint density at radius 3 is 2.53 bits per heavy atom. The molecule has 2 aromatic heterocycles. The molecule has 0 saturated carbocycles. The van der Waals surface area contributed by atoms with Gasteiger partial charge in [-0.05, 0) is 36.2 Å². The maximum Gasteiger partial charge on any atom is 0.315 e. The number of rotatable bonds is 7. The third-order valence-corrected chi connectivity index (χ3v) is 5.09. The Kier molecular flexibility index (Phi) is 6.12. The number of nitrogens with zero attached hydrogens (tertiary/aromatic N) is 2. The number of nitrogens with one attached hydrogen (secondary N) is 3. The molecule has 162 valence electrons. The number of anilines is 2. The molecule has 8 nitrogen and oxygen atoms in total. The van der Waals surface area contributed by atoms with Crippen LogP contribution in [0.25, 0.3) is 22.3 Å². The van der Waals surface area contributed by atoms with Crippen molar-refractivity contribution in [3.8, 4) is 11.3 Å². The van der Waals surface area contributed by atoms with Crippen LogP contribution in [0.5, 0.6) is 0 Å². The number of ether oxygens (including phenoxy) is 1. The lowest BCUT2D eigenvalue weighted by Crippen LogP contribution is -2.17. The van der Waals surface area contributed by atoms with Crippen LogP contribution in [0.1, 0.15) is 24.9 Å². The van der Waals surface area contributed by atoms with Gasteiger partial charge in [-0.25, -0.2) is 9.97 Å². The topological polar surface area (TPSA) is 109 Å². The van der Waals surface area contributed by atoms with Gasteiger partial charge >= 0.3 is 5.97 Å². The number of carbonyl (C=O) groups is 2. The average molecular weight is 429 g/mol. The van der Waals surface area contributed by atoms with Crippen molar-refractivity contribution in [1.29, 1.82) is 0 Å². The van der Waals surface area contributed by atoms with Crippen LogP contribution in [0.3, 0.4) is 0 Å². The van der Waals surface area contributed by atoms with E-state index < -0.39 is 11.9 Å². The molecule has 0 bridgehead atoms. The van der Waals surface area contributed by atoms with Crippen LogP contribution in [0.2, 0.25) is 0 Å². The van der Waals surface area contributed by atoms with Crippen LogP contribution >= 0.6 is 0 Å². The van der Waals surface area contributed by atoms with Gasteiger partial charge in [-0.1, -0.05) is 42.5 Å². The molecule has 0 aliphatic rings. The number of hydrogen-bond acceptors (Lipinski definition) is 6. The second kappa shape index (κ2) is 9.30. The molecule has 3 N–H and O–H groups in total. The molecule has 0 fully saturated rings. The van der Waals surface area contributed by atoms with Crippen molar-refractivity contribution in [2.45, 2.75) is 19.4 Å². The summed E-state index contributed by atoms with van der Waals surface area (Å²) in [6.45, 7) is 2.09. The summed E-state index contributed by atoms with van der Waals surface area (Å²) in [4.78, 5) is 35.2. The number of aromatic amines is 1. The average Bonchev–Trinajstić information content (AvgIpc) is 3.25. The fourth-order valence-corrected chi connectivity index (χ4v) is 3.38. The highest BCUT2D eigenvalue weighted by molar-refractivity contribution is 6.02.